The van der Waals surface area contributed by atoms with Gasteiger partial charge in [-0.1, -0.05) is 5.16 Å². The van der Waals surface area contributed by atoms with Crippen molar-refractivity contribution in [1.82, 2.24) is 20.4 Å². The highest BCUT2D eigenvalue weighted by Gasteiger charge is 2.09. The van der Waals surface area contributed by atoms with E-state index in [1.165, 1.54) is 5.69 Å². The third-order valence-electron chi connectivity index (χ3n) is 3.36. The lowest BCUT2D eigenvalue weighted by Crippen LogP contribution is -2.40. The molecular formula is C15H22N4O2. The molecule has 0 saturated carbocycles. The molecule has 2 amide bonds. The summed E-state index contributed by atoms with van der Waals surface area (Å²) < 4.78 is 7.13. The molecule has 0 spiro atoms. The normalized spacial score (nSPS) is 12.1. The molecule has 2 N–H and O–H groups in total. The van der Waals surface area contributed by atoms with Gasteiger partial charge in [0.25, 0.3) is 0 Å². The van der Waals surface area contributed by atoms with E-state index in [0.29, 0.717) is 12.3 Å². The van der Waals surface area contributed by atoms with Gasteiger partial charge < -0.3 is 19.7 Å². The molecule has 21 heavy (non-hydrogen) atoms. The van der Waals surface area contributed by atoms with E-state index in [4.69, 9.17) is 4.52 Å². The Labute approximate surface area is 124 Å². The van der Waals surface area contributed by atoms with Crippen molar-refractivity contribution in [3.8, 4) is 0 Å². The number of hydrogen-bond donors (Lipinski definition) is 2. The van der Waals surface area contributed by atoms with E-state index in [1.54, 1.807) is 6.07 Å². The zero-order valence-corrected chi connectivity index (χ0v) is 12.7. The highest BCUT2D eigenvalue weighted by atomic mass is 16.5. The number of hydrogen-bond acceptors (Lipinski definition) is 3. The van der Waals surface area contributed by atoms with Crippen LogP contribution in [-0.2, 0) is 20.0 Å². The smallest absolute Gasteiger partial charge is 0.315 e. The largest absolute Gasteiger partial charge is 0.359 e. The average molecular weight is 290 g/mol. The van der Waals surface area contributed by atoms with Crippen LogP contribution in [-0.4, -0.2) is 21.8 Å². The third kappa shape index (κ3) is 4.66. The van der Waals surface area contributed by atoms with Gasteiger partial charge >= 0.3 is 6.03 Å². The molecule has 0 aliphatic heterocycles. The molecule has 0 bridgehead atoms. The van der Waals surface area contributed by atoms with E-state index in [9.17, 15) is 4.79 Å². The highest BCUT2D eigenvalue weighted by molar-refractivity contribution is 5.74. The summed E-state index contributed by atoms with van der Waals surface area (Å²) in [4.78, 5) is 11.8. The van der Waals surface area contributed by atoms with Crippen LogP contribution in [0.25, 0.3) is 0 Å². The number of urea groups is 1. The number of nitrogens with one attached hydrogen (secondary N) is 2. The zero-order valence-electron chi connectivity index (χ0n) is 12.7. The van der Waals surface area contributed by atoms with Crippen LogP contribution >= 0.6 is 0 Å². The van der Waals surface area contributed by atoms with Gasteiger partial charge in [0.1, 0.15) is 0 Å². The Morgan fingerprint density at radius 1 is 1.52 bits per heavy atom. The van der Waals surface area contributed by atoms with Crippen LogP contribution in [0.3, 0.4) is 0 Å². The summed E-state index contributed by atoms with van der Waals surface area (Å²) in [7, 11) is 2.03. The Kier molecular flexibility index (Phi) is 5.03. The molecule has 6 nitrogen and oxygen atoms in total. The summed E-state index contributed by atoms with van der Waals surface area (Å²) in [5.41, 5.74) is 2.07. The van der Waals surface area contributed by atoms with E-state index in [2.05, 4.69) is 26.4 Å². The molecule has 2 rings (SSSR count). The number of carbonyl (C=O) groups excluding carboxylic acids is 1. The molecule has 0 aliphatic carbocycles. The fourth-order valence-corrected chi connectivity index (χ4v) is 2.13. The maximum atomic E-state index is 11.8. The summed E-state index contributed by atoms with van der Waals surface area (Å²) in [5.74, 6) is 0.652. The van der Waals surface area contributed by atoms with E-state index in [0.717, 1.165) is 18.5 Å². The monoisotopic (exact) mass is 290 g/mol. The van der Waals surface area contributed by atoms with E-state index in [-0.39, 0.29) is 12.1 Å². The molecule has 6 heteroatoms. The van der Waals surface area contributed by atoms with Crippen LogP contribution in [0, 0.1) is 6.92 Å². The van der Waals surface area contributed by atoms with Crippen molar-refractivity contribution < 1.29 is 9.32 Å². The van der Waals surface area contributed by atoms with Crippen LogP contribution in [0.1, 0.15) is 30.5 Å². The lowest BCUT2D eigenvalue weighted by molar-refractivity contribution is 0.235. The summed E-state index contributed by atoms with van der Waals surface area (Å²) in [6, 6.07) is 5.84. The van der Waals surface area contributed by atoms with Crippen molar-refractivity contribution >= 4 is 6.03 Å². The molecule has 0 fully saturated rings. The van der Waals surface area contributed by atoms with Crippen LogP contribution < -0.4 is 10.6 Å². The maximum absolute atomic E-state index is 11.8. The minimum atomic E-state index is -0.191. The van der Waals surface area contributed by atoms with Gasteiger partial charge in [-0.05, 0) is 38.8 Å². The number of rotatable bonds is 6. The van der Waals surface area contributed by atoms with Crippen molar-refractivity contribution in [2.45, 2.75) is 39.3 Å². The Balaban J connectivity index is 1.68. The quantitative estimate of drug-likeness (QED) is 0.856. The molecule has 0 unspecified atom stereocenters. The number of amides is 2. The number of nitrogens with zero attached hydrogens (tertiary/aromatic N) is 2. The number of aromatic nitrogens is 2. The fourth-order valence-electron chi connectivity index (χ4n) is 2.13. The van der Waals surface area contributed by atoms with Crippen molar-refractivity contribution in [1.29, 1.82) is 0 Å². The third-order valence-corrected chi connectivity index (χ3v) is 3.36. The second-order valence-corrected chi connectivity index (χ2v) is 5.31. The zero-order chi connectivity index (χ0) is 15.2. The maximum Gasteiger partial charge on any atom is 0.315 e. The summed E-state index contributed by atoms with van der Waals surface area (Å²) in [5, 5.41) is 9.45. The number of carbonyl (C=O) groups is 1. The van der Waals surface area contributed by atoms with Gasteiger partial charge in [-0.15, -0.1) is 0 Å². The molecule has 0 aliphatic rings. The molecule has 0 saturated heterocycles. The summed E-state index contributed by atoms with van der Waals surface area (Å²) in [6.07, 6.45) is 3.86. The van der Waals surface area contributed by atoms with Gasteiger partial charge in [-0.2, -0.15) is 0 Å². The Morgan fingerprint density at radius 3 is 2.95 bits per heavy atom. The molecule has 0 radical (unpaired) electrons. The van der Waals surface area contributed by atoms with E-state index < -0.39 is 0 Å². The SMILES string of the molecule is Cc1cc(CNC(=O)N[C@H](C)CCc2cccn2C)on1. The van der Waals surface area contributed by atoms with Gasteiger partial charge in [-0.25, -0.2) is 4.79 Å². The molecule has 0 aromatic carbocycles. The predicted octanol–water partition coefficient (Wildman–Crippen LogP) is 2.14. The molecule has 2 aromatic rings. The Hall–Kier alpha value is -2.24. The number of aryl methyl sites for hydroxylation is 3. The van der Waals surface area contributed by atoms with Crippen LogP contribution in [0.5, 0.6) is 0 Å². The topological polar surface area (TPSA) is 72.1 Å². The van der Waals surface area contributed by atoms with Crippen LogP contribution in [0.2, 0.25) is 0 Å². The van der Waals surface area contributed by atoms with Gasteiger partial charge in [-0.3, -0.25) is 0 Å². The van der Waals surface area contributed by atoms with Crippen molar-refractivity contribution in [2.24, 2.45) is 7.05 Å². The first-order valence-electron chi connectivity index (χ1n) is 7.11. The first-order chi connectivity index (χ1) is 10.0. The first-order valence-corrected chi connectivity index (χ1v) is 7.11. The Bertz CT molecular complexity index is 588. The first kappa shape index (κ1) is 15.2. The molecule has 2 aromatic heterocycles. The lowest BCUT2D eigenvalue weighted by Gasteiger charge is -2.14. The summed E-state index contributed by atoms with van der Waals surface area (Å²) in [6.45, 7) is 4.19. The van der Waals surface area contributed by atoms with Crippen LogP contribution in [0.4, 0.5) is 4.79 Å². The predicted molar refractivity (Wildman–Crippen MR) is 79.8 cm³/mol. The minimum absolute atomic E-state index is 0.108. The molecule has 2 heterocycles. The Morgan fingerprint density at radius 2 is 2.33 bits per heavy atom. The fraction of sp³-hybridized carbons (Fsp3) is 0.467. The van der Waals surface area contributed by atoms with Gasteiger partial charge in [0, 0.05) is 31.0 Å². The minimum Gasteiger partial charge on any atom is -0.359 e. The van der Waals surface area contributed by atoms with Gasteiger partial charge in [0.2, 0.25) is 0 Å². The standard InChI is InChI=1S/C15H22N4O2/c1-11(6-7-13-5-4-8-19(13)3)17-15(20)16-10-14-9-12(2)18-21-14/h4-5,8-9,11H,6-7,10H2,1-3H3,(H2,16,17,20)/t11-/m1/s1. The van der Waals surface area contributed by atoms with Crippen molar-refractivity contribution in [3.05, 3.63) is 41.5 Å². The van der Waals surface area contributed by atoms with Crippen LogP contribution in [0.15, 0.2) is 28.9 Å². The summed E-state index contributed by atoms with van der Waals surface area (Å²) >= 11 is 0. The average Bonchev–Trinajstić information content (AvgIpc) is 3.03. The van der Waals surface area contributed by atoms with Gasteiger partial charge in [0.05, 0.1) is 12.2 Å². The van der Waals surface area contributed by atoms with Crippen molar-refractivity contribution in [2.75, 3.05) is 0 Å². The molecule has 1 atom stereocenters. The van der Waals surface area contributed by atoms with E-state index in [1.807, 2.05) is 33.2 Å². The molecule has 114 valence electrons. The second kappa shape index (κ2) is 6.97. The van der Waals surface area contributed by atoms with Gasteiger partial charge in [0.15, 0.2) is 5.76 Å². The molecular weight excluding hydrogens is 268 g/mol. The lowest BCUT2D eigenvalue weighted by atomic mass is 10.1. The highest BCUT2D eigenvalue weighted by Crippen LogP contribution is 2.05. The second-order valence-electron chi connectivity index (χ2n) is 5.31. The van der Waals surface area contributed by atoms with E-state index >= 15 is 0 Å². The van der Waals surface area contributed by atoms with Crippen molar-refractivity contribution in [3.63, 3.8) is 0 Å².